The zero-order valence-electron chi connectivity index (χ0n) is 8.36. The molecule has 2 rings (SSSR count). The molecule has 4 heteroatoms. The molecule has 14 heavy (non-hydrogen) atoms. The van der Waals surface area contributed by atoms with Crippen molar-refractivity contribution in [1.82, 2.24) is 0 Å². The number of nitrogens with zero attached hydrogens (tertiary/aromatic N) is 1. The molecule has 3 unspecified atom stereocenters. The van der Waals surface area contributed by atoms with Gasteiger partial charge in [0.25, 0.3) is 0 Å². The van der Waals surface area contributed by atoms with E-state index in [4.69, 9.17) is 19.5 Å². The highest BCUT2D eigenvalue weighted by atomic mass is 16.7. The lowest BCUT2D eigenvalue weighted by Crippen LogP contribution is -2.36. The molecule has 0 bridgehead atoms. The molecule has 0 aromatic heterocycles. The SMILES string of the molecule is CC1(C2CCOC2)OCC(CC#N)O1. The van der Waals surface area contributed by atoms with Crippen LogP contribution in [-0.2, 0) is 14.2 Å². The Morgan fingerprint density at radius 3 is 3.00 bits per heavy atom. The van der Waals surface area contributed by atoms with Crippen LogP contribution in [0.5, 0.6) is 0 Å². The maximum atomic E-state index is 8.55. The van der Waals surface area contributed by atoms with Gasteiger partial charge in [0.15, 0.2) is 5.79 Å². The molecule has 78 valence electrons. The van der Waals surface area contributed by atoms with Gasteiger partial charge in [0, 0.05) is 12.5 Å². The summed E-state index contributed by atoms with van der Waals surface area (Å²) in [6, 6.07) is 2.10. The minimum absolute atomic E-state index is 0.0643. The lowest BCUT2D eigenvalue weighted by atomic mass is 9.99. The van der Waals surface area contributed by atoms with Crippen molar-refractivity contribution >= 4 is 0 Å². The van der Waals surface area contributed by atoms with Crippen molar-refractivity contribution in [2.45, 2.75) is 31.7 Å². The van der Waals surface area contributed by atoms with Gasteiger partial charge in [-0.3, -0.25) is 0 Å². The van der Waals surface area contributed by atoms with E-state index in [1.54, 1.807) is 0 Å². The Bertz CT molecular complexity index is 244. The number of hydrogen-bond donors (Lipinski definition) is 0. The molecule has 3 atom stereocenters. The second-order valence-electron chi connectivity index (χ2n) is 3.99. The average Bonchev–Trinajstić information content (AvgIpc) is 2.75. The van der Waals surface area contributed by atoms with Crippen LogP contribution < -0.4 is 0 Å². The fraction of sp³-hybridized carbons (Fsp3) is 0.900. The van der Waals surface area contributed by atoms with E-state index < -0.39 is 5.79 Å². The van der Waals surface area contributed by atoms with Gasteiger partial charge in [-0.05, 0) is 13.3 Å². The number of rotatable bonds is 2. The van der Waals surface area contributed by atoms with Crippen LogP contribution in [0, 0.1) is 17.2 Å². The molecule has 4 nitrogen and oxygen atoms in total. The van der Waals surface area contributed by atoms with E-state index in [1.165, 1.54) is 0 Å². The highest BCUT2D eigenvalue weighted by Crippen LogP contribution is 2.36. The Labute approximate surface area is 83.7 Å². The molecule has 0 aromatic rings. The zero-order valence-corrected chi connectivity index (χ0v) is 8.36. The maximum Gasteiger partial charge on any atom is 0.171 e. The fourth-order valence-electron chi connectivity index (χ4n) is 2.02. The zero-order chi connectivity index (χ0) is 10.0. The number of ether oxygens (including phenoxy) is 3. The molecule has 2 aliphatic rings. The van der Waals surface area contributed by atoms with Crippen molar-refractivity contribution in [3.05, 3.63) is 0 Å². The summed E-state index contributed by atoms with van der Waals surface area (Å²) in [5.41, 5.74) is 0. The first-order chi connectivity index (χ1) is 6.74. The van der Waals surface area contributed by atoms with Crippen molar-refractivity contribution in [2.24, 2.45) is 5.92 Å². The van der Waals surface area contributed by atoms with Gasteiger partial charge in [0.2, 0.25) is 0 Å². The van der Waals surface area contributed by atoms with E-state index >= 15 is 0 Å². The molecular formula is C10H15NO3. The molecule has 0 aromatic carbocycles. The number of nitriles is 1. The first-order valence-electron chi connectivity index (χ1n) is 5.01. The Balaban J connectivity index is 1.94. The molecule has 2 aliphatic heterocycles. The Morgan fingerprint density at radius 1 is 1.50 bits per heavy atom. The summed E-state index contributed by atoms with van der Waals surface area (Å²) in [6.07, 6.45) is 1.32. The summed E-state index contributed by atoms with van der Waals surface area (Å²) >= 11 is 0. The third-order valence-electron chi connectivity index (χ3n) is 2.95. The smallest absolute Gasteiger partial charge is 0.171 e. The van der Waals surface area contributed by atoms with E-state index in [0.29, 0.717) is 25.6 Å². The van der Waals surface area contributed by atoms with Crippen molar-refractivity contribution < 1.29 is 14.2 Å². The van der Waals surface area contributed by atoms with Gasteiger partial charge in [-0.25, -0.2) is 0 Å². The van der Waals surface area contributed by atoms with E-state index in [9.17, 15) is 0 Å². The third-order valence-corrected chi connectivity index (χ3v) is 2.95. The molecular weight excluding hydrogens is 182 g/mol. The van der Waals surface area contributed by atoms with Crippen molar-refractivity contribution in [1.29, 1.82) is 5.26 Å². The quantitative estimate of drug-likeness (QED) is 0.664. The second kappa shape index (κ2) is 3.85. The molecule has 2 fully saturated rings. The number of hydrogen-bond acceptors (Lipinski definition) is 4. The summed E-state index contributed by atoms with van der Waals surface area (Å²) in [7, 11) is 0. The van der Waals surface area contributed by atoms with Gasteiger partial charge in [-0.15, -0.1) is 0 Å². The second-order valence-corrected chi connectivity index (χ2v) is 3.99. The predicted octanol–water partition coefficient (Wildman–Crippen LogP) is 1.07. The highest BCUT2D eigenvalue weighted by molar-refractivity contribution is 4.87. The maximum absolute atomic E-state index is 8.55. The van der Waals surface area contributed by atoms with E-state index in [-0.39, 0.29) is 6.10 Å². The van der Waals surface area contributed by atoms with Crippen LogP contribution in [0.25, 0.3) is 0 Å². The van der Waals surface area contributed by atoms with Crippen LogP contribution in [0.15, 0.2) is 0 Å². The first-order valence-corrected chi connectivity index (χ1v) is 5.01. The van der Waals surface area contributed by atoms with E-state index in [0.717, 1.165) is 13.0 Å². The van der Waals surface area contributed by atoms with Gasteiger partial charge in [0.1, 0.15) is 0 Å². The molecule has 0 saturated carbocycles. The van der Waals surface area contributed by atoms with E-state index in [1.807, 2.05) is 6.92 Å². The monoisotopic (exact) mass is 197 g/mol. The molecule has 0 radical (unpaired) electrons. The van der Waals surface area contributed by atoms with Crippen molar-refractivity contribution in [3.63, 3.8) is 0 Å². The van der Waals surface area contributed by atoms with Crippen LogP contribution in [0.2, 0.25) is 0 Å². The van der Waals surface area contributed by atoms with Crippen LogP contribution in [0.4, 0.5) is 0 Å². The Hall–Kier alpha value is -0.630. The molecule has 0 amide bonds. The van der Waals surface area contributed by atoms with Gasteiger partial charge < -0.3 is 14.2 Å². The molecule has 0 N–H and O–H groups in total. The summed E-state index contributed by atoms with van der Waals surface area (Å²) in [6.45, 7) is 3.97. The predicted molar refractivity (Wildman–Crippen MR) is 48.4 cm³/mol. The van der Waals surface area contributed by atoms with E-state index in [2.05, 4.69) is 6.07 Å². The molecule has 0 spiro atoms. The van der Waals surface area contributed by atoms with Crippen LogP contribution in [-0.4, -0.2) is 31.7 Å². The van der Waals surface area contributed by atoms with Gasteiger partial charge in [-0.2, -0.15) is 5.26 Å². The minimum atomic E-state index is -0.530. The first kappa shape index (κ1) is 9.91. The lowest BCUT2D eigenvalue weighted by molar-refractivity contribution is -0.190. The molecule has 0 aliphatic carbocycles. The Kier molecular flexibility index (Phi) is 2.73. The van der Waals surface area contributed by atoms with Gasteiger partial charge in [-0.1, -0.05) is 0 Å². The standard InChI is InChI=1S/C10H15NO3/c1-10(8-3-5-12-6-8)13-7-9(14-10)2-4-11/h8-9H,2-3,5-7H2,1H3. The highest BCUT2D eigenvalue weighted by Gasteiger charge is 2.45. The van der Waals surface area contributed by atoms with Gasteiger partial charge >= 0.3 is 0 Å². The van der Waals surface area contributed by atoms with Crippen LogP contribution >= 0.6 is 0 Å². The largest absolute Gasteiger partial charge is 0.381 e. The third kappa shape index (κ3) is 1.76. The molecule has 2 saturated heterocycles. The molecule has 2 heterocycles. The van der Waals surface area contributed by atoms with Crippen LogP contribution in [0.1, 0.15) is 19.8 Å². The van der Waals surface area contributed by atoms with Gasteiger partial charge in [0.05, 0.1) is 31.8 Å². The summed E-state index contributed by atoms with van der Waals surface area (Å²) in [5, 5.41) is 8.55. The topological polar surface area (TPSA) is 51.5 Å². The summed E-state index contributed by atoms with van der Waals surface area (Å²) in [4.78, 5) is 0. The van der Waals surface area contributed by atoms with Crippen molar-refractivity contribution in [3.8, 4) is 6.07 Å². The lowest BCUT2D eigenvalue weighted by Gasteiger charge is -2.28. The van der Waals surface area contributed by atoms with Crippen LogP contribution in [0.3, 0.4) is 0 Å². The minimum Gasteiger partial charge on any atom is -0.381 e. The summed E-state index contributed by atoms with van der Waals surface area (Å²) < 4.78 is 16.7. The van der Waals surface area contributed by atoms with Crippen molar-refractivity contribution in [2.75, 3.05) is 19.8 Å². The summed E-state index contributed by atoms with van der Waals surface area (Å²) in [5.74, 6) is -0.218. The Morgan fingerprint density at radius 2 is 2.36 bits per heavy atom. The average molecular weight is 197 g/mol. The normalized spacial score (nSPS) is 42.6. The fourth-order valence-corrected chi connectivity index (χ4v) is 2.02.